The molecular weight excluding hydrogens is 385 g/mol. The average Bonchev–Trinajstić information content (AvgIpc) is 2.73. The third-order valence-electron chi connectivity index (χ3n) is 5.53. The number of nitrogens with zero attached hydrogens (tertiary/aromatic N) is 2. The van der Waals surface area contributed by atoms with E-state index in [1.807, 2.05) is 19.1 Å². The summed E-state index contributed by atoms with van der Waals surface area (Å²) in [5, 5.41) is 0. The van der Waals surface area contributed by atoms with E-state index < -0.39 is 23.7 Å². The molecule has 2 aromatic carbocycles. The molecular formula is C23H26FN3O3. The molecule has 1 fully saturated rings. The smallest absolute Gasteiger partial charge is 0.253 e. The third kappa shape index (κ3) is 4.67. The SMILES string of the molecule is Cc1ccc(C(=O)N2CCCC(C(=O)N(C)C(C(N)=O)c3cccc(F)c3)C2)cc1. The number of likely N-dealkylation sites (tertiary alicyclic amines) is 1. The van der Waals surface area contributed by atoms with E-state index in [1.54, 1.807) is 23.1 Å². The lowest BCUT2D eigenvalue weighted by atomic mass is 9.94. The molecule has 3 rings (SSSR count). The number of piperidine rings is 1. The highest BCUT2D eigenvalue weighted by Gasteiger charge is 2.35. The highest BCUT2D eigenvalue weighted by molar-refractivity contribution is 5.95. The molecule has 30 heavy (non-hydrogen) atoms. The van der Waals surface area contributed by atoms with Crippen LogP contribution in [-0.4, -0.2) is 47.7 Å². The Kier molecular flexibility index (Phi) is 6.50. The van der Waals surface area contributed by atoms with Gasteiger partial charge >= 0.3 is 0 Å². The quantitative estimate of drug-likeness (QED) is 0.821. The molecule has 1 aliphatic rings. The highest BCUT2D eigenvalue weighted by atomic mass is 19.1. The van der Waals surface area contributed by atoms with Gasteiger partial charge in [-0.2, -0.15) is 0 Å². The highest BCUT2D eigenvalue weighted by Crippen LogP contribution is 2.26. The van der Waals surface area contributed by atoms with E-state index in [4.69, 9.17) is 5.73 Å². The summed E-state index contributed by atoms with van der Waals surface area (Å²) >= 11 is 0. The molecule has 2 unspecified atom stereocenters. The molecule has 158 valence electrons. The molecule has 7 heteroatoms. The van der Waals surface area contributed by atoms with E-state index in [1.165, 1.54) is 30.1 Å². The summed E-state index contributed by atoms with van der Waals surface area (Å²) in [6.45, 7) is 2.79. The first-order valence-corrected chi connectivity index (χ1v) is 9.95. The van der Waals surface area contributed by atoms with Gasteiger partial charge in [-0.3, -0.25) is 14.4 Å². The fraction of sp³-hybridized carbons (Fsp3) is 0.348. The normalized spacial score (nSPS) is 17.3. The standard InChI is InChI=1S/C23H26FN3O3/c1-15-8-10-16(11-9-15)23(30)27-12-4-6-18(14-27)22(29)26(2)20(21(25)28)17-5-3-7-19(24)13-17/h3,5,7-11,13,18,20H,4,6,12,14H2,1-2H3,(H2,25,28). The number of hydrogen-bond donors (Lipinski definition) is 1. The average molecular weight is 411 g/mol. The molecule has 1 aliphatic heterocycles. The van der Waals surface area contributed by atoms with Crippen molar-refractivity contribution in [3.8, 4) is 0 Å². The van der Waals surface area contributed by atoms with Crippen LogP contribution in [-0.2, 0) is 9.59 Å². The van der Waals surface area contributed by atoms with Gasteiger partial charge in [0.1, 0.15) is 11.9 Å². The number of rotatable bonds is 5. The minimum atomic E-state index is -1.07. The van der Waals surface area contributed by atoms with Gasteiger partial charge < -0.3 is 15.5 Å². The van der Waals surface area contributed by atoms with Crippen LogP contribution in [0.25, 0.3) is 0 Å². The number of nitrogens with two attached hydrogens (primary N) is 1. The fourth-order valence-corrected chi connectivity index (χ4v) is 3.91. The third-order valence-corrected chi connectivity index (χ3v) is 5.53. The lowest BCUT2D eigenvalue weighted by molar-refractivity contribution is -0.142. The number of hydrogen-bond acceptors (Lipinski definition) is 3. The first kappa shape index (κ1) is 21.5. The predicted molar refractivity (Wildman–Crippen MR) is 111 cm³/mol. The Hall–Kier alpha value is -3.22. The van der Waals surface area contributed by atoms with E-state index >= 15 is 0 Å². The number of amides is 3. The van der Waals surface area contributed by atoms with E-state index in [0.717, 1.165) is 5.56 Å². The van der Waals surface area contributed by atoms with Crippen molar-refractivity contribution in [1.29, 1.82) is 0 Å². The van der Waals surface area contributed by atoms with Crippen molar-refractivity contribution in [3.05, 3.63) is 71.0 Å². The zero-order valence-corrected chi connectivity index (χ0v) is 17.2. The molecule has 2 N–H and O–H groups in total. The van der Waals surface area contributed by atoms with Gasteiger partial charge in [0, 0.05) is 25.7 Å². The Balaban J connectivity index is 1.75. The Morgan fingerprint density at radius 1 is 1.17 bits per heavy atom. The molecule has 0 bridgehead atoms. The number of carbonyl (C=O) groups excluding carboxylic acids is 3. The van der Waals surface area contributed by atoms with Gasteiger partial charge in [0.25, 0.3) is 5.91 Å². The lowest BCUT2D eigenvalue weighted by Crippen LogP contribution is -2.48. The van der Waals surface area contributed by atoms with Crippen LogP contribution in [0.2, 0.25) is 0 Å². The van der Waals surface area contributed by atoms with Crippen molar-refractivity contribution < 1.29 is 18.8 Å². The number of benzene rings is 2. The maximum atomic E-state index is 13.6. The van der Waals surface area contributed by atoms with Crippen molar-refractivity contribution in [1.82, 2.24) is 9.80 Å². The maximum absolute atomic E-state index is 13.6. The second-order valence-corrected chi connectivity index (χ2v) is 7.77. The molecule has 0 radical (unpaired) electrons. The fourth-order valence-electron chi connectivity index (χ4n) is 3.91. The predicted octanol–water partition coefficient (Wildman–Crippen LogP) is 2.67. The lowest BCUT2D eigenvalue weighted by Gasteiger charge is -2.36. The molecule has 2 aromatic rings. The van der Waals surface area contributed by atoms with Gasteiger partial charge in [-0.05, 0) is 49.6 Å². The number of carbonyl (C=O) groups is 3. The van der Waals surface area contributed by atoms with Crippen molar-refractivity contribution in [3.63, 3.8) is 0 Å². The Morgan fingerprint density at radius 3 is 2.50 bits per heavy atom. The van der Waals surface area contributed by atoms with Gasteiger partial charge in [0.2, 0.25) is 11.8 Å². The summed E-state index contributed by atoms with van der Waals surface area (Å²) in [6, 6.07) is 11.7. The molecule has 2 atom stereocenters. The van der Waals surface area contributed by atoms with Crippen LogP contribution >= 0.6 is 0 Å². The number of halogens is 1. The molecule has 0 saturated carbocycles. The number of primary amides is 1. The first-order chi connectivity index (χ1) is 14.3. The van der Waals surface area contributed by atoms with Crippen molar-refractivity contribution in [2.24, 2.45) is 11.7 Å². The van der Waals surface area contributed by atoms with Gasteiger partial charge in [-0.25, -0.2) is 4.39 Å². The topological polar surface area (TPSA) is 83.7 Å². The second-order valence-electron chi connectivity index (χ2n) is 7.77. The molecule has 1 heterocycles. The molecule has 0 aliphatic carbocycles. The Labute approximate surface area is 175 Å². The van der Waals surface area contributed by atoms with Crippen LogP contribution in [0.3, 0.4) is 0 Å². The summed E-state index contributed by atoms with van der Waals surface area (Å²) < 4.78 is 13.6. The summed E-state index contributed by atoms with van der Waals surface area (Å²) in [5.74, 6) is -2.10. The number of aryl methyl sites for hydroxylation is 1. The van der Waals surface area contributed by atoms with Gasteiger partial charge in [-0.1, -0.05) is 29.8 Å². The molecule has 0 aromatic heterocycles. The molecule has 3 amide bonds. The van der Waals surface area contributed by atoms with E-state index in [9.17, 15) is 18.8 Å². The largest absolute Gasteiger partial charge is 0.368 e. The summed E-state index contributed by atoms with van der Waals surface area (Å²) in [5.41, 5.74) is 7.50. The van der Waals surface area contributed by atoms with Gasteiger partial charge in [-0.15, -0.1) is 0 Å². The summed E-state index contributed by atoms with van der Waals surface area (Å²) in [6.07, 6.45) is 1.29. The number of likely N-dealkylation sites (N-methyl/N-ethyl adjacent to an activating group) is 1. The summed E-state index contributed by atoms with van der Waals surface area (Å²) in [4.78, 5) is 41.0. The van der Waals surface area contributed by atoms with Crippen LogP contribution in [0.4, 0.5) is 4.39 Å². The van der Waals surface area contributed by atoms with Crippen LogP contribution in [0.1, 0.15) is 40.4 Å². The maximum Gasteiger partial charge on any atom is 0.253 e. The van der Waals surface area contributed by atoms with E-state index in [-0.39, 0.29) is 18.4 Å². The van der Waals surface area contributed by atoms with Crippen LogP contribution in [0.15, 0.2) is 48.5 Å². The Bertz CT molecular complexity index is 945. The summed E-state index contributed by atoms with van der Waals surface area (Å²) in [7, 11) is 1.49. The molecule has 0 spiro atoms. The minimum absolute atomic E-state index is 0.119. The Morgan fingerprint density at radius 2 is 1.87 bits per heavy atom. The van der Waals surface area contributed by atoms with Crippen LogP contribution < -0.4 is 5.73 Å². The van der Waals surface area contributed by atoms with Crippen molar-refractivity contribution in [2.45, 2.75) is 25.8 Å². The zero-order chi connectivity index (χ0) is 21.8. The van der Waals surface area contributed by atoms with E-state index in [2.05, 4.69) is 0 Å². The first-order valence-electron chi connectivity index (χ1n) is 9.95. The van der Waals surface area contributed by atoms with Gasteiger partial charge in [0.05, 0.1) is 5.92 Å². The second kappa shape index (κ2) is 9.07. The van der Waals surface area contributed by atoms with Crippen molar-refractivity contribution >= 4 is 17.7 Å². The van der Waals surface area contributed by atoms with Crippen LogP contribution in [0, 0.1) is 18.7 Å². The monoisotopic (exact) mass is 411 g/mol. The molecule has 1 saturated heterocycles. The minimum Gasteiger partial charge on any atom is -0.368 e. The van der Waals surface area contributed by atoms with Crippen LogP contribution in [0.5, 0.6) is 0 Å². The zero-order valence-electron chi connectivity index (χ0n) is 17.2. The molecule has 6 nitrogen and oxygen atoms in total. The van der Waals surface area contributed by atoms with Gasteiger partial charge in [0.15, 0.2) is 0 Å². The van der Waals surface area contributed by atoms with E-state index in [0.29, 0.717) is 30.5 Å². The van der Waals surface area contributed by atoms with Crippen molar-refractivity contribution in [2.75, 3.05) is 20.1 Å².